The van der Waals surface area contributed by atoms with Crippen molar-refractivity contribution in [1.29, 1.82) is 0 Å². The number of para-hydroxylation sites is 1. The van der Waals surface area contributed by atoms with Crippen LogP contribution in [0, 0.1) is 13.8 Å². The van der Waals surface area contributed by atoms with Crippen LogP contribution in [0.2, 0.25) is 0 Å². The van der Waals surface area contributed by atoms with Crippen molar-refractivity contribution in [2.75, 3.05) is 25.6 Å². The minimum Gasteiger partial charge on any atom is -0.481 e. The van der Waals surface area contributed by atoms with Crippen LogP contribution in [0.4, 0.5) is 5.69 Å². The molecular weight excluding hydrogens is 264 g/mol. The highest BCUT2D eigenvalue weighted by Gasteiger charge is 2.26. The van der Waals surface area contributed by atoms with E-state index in [1.165, 1.54) is 11.3 Å². The van der Waals surface area contributed by atoms with Gasteiger partial charge in [0.2, 0.25) is 5.88 Å². The average Bonchev–Trinajstić information content (AvgIpc) is 2.74. The Morgan fingerprint density at radius 3 is 2.57 bits per heavy atom. The molecule has 0 fully saturated rings. The van der Waals surface area contributed by atoms with Crippen molar-refractivity contribution in [3.8, 4) is 5.88 Å². The second-order valence-corrected chi connectivity index (χ2v) is 5.28. The number of hydrogen-bond acceptors (Lipinski definition) is 4. The predicted molar refractivity (Wildman–Crippen MR) is 85.9 cm³/mol. The Morgan fingerprint density at radius 2 is 2.00 bits per heavy atom. The Bertz CT molecular complexity index is 621. The summed E-state index contributed by atoms with van der Waals surface area (Å²) in [5.41, 5.74) is 10.4. The highest BCUT2D eigenvalue weighted by atomic mass is 16.5. The van der Waals surface area contributed by atoms with Gasteiger partial charge in [0.15, 0.2) is 0 Å². The van der Waals surface area contributed by atoms with E-state index in [-0.39, 0.29) is 6.04 Å². The van der Waals surface area contributed by atoms with E-state index < -0.39 is 0 Å². The monoisotopic (exact) mass is 288 g/mol. The summed E-state index contributed by atoms with van der Waals surface area (Å²) in [6, 6.07) is 8.32. The topological polar surface area (TPSA) is 56.3 Å². The second-order valence-electron chi connectivity index (χ2n) is 5.28. The van der Waals surface area contributed by atoms with Gasteiger partial charge in [-0.15, -0.1) is 0 Å². The van der Waals surface area contributed by atoms with Crippen molar-refractivity contribution in [2.45, 2.75) is 19.9 Å². The second kappa shape index (κ2) is 6.18. The Hall–Kier alpha value is -2.01. The van der Waals surface area contributed by atoms with Gasteiger partial charge < -0.3 is 15.4 Å². The molecule has 1 unspecified atom stereocenters. The summed E-state index contributed by atoms with van der Waals surface area (Å²) in [6.45, 7) is 4.59. The minimum absolute atomic E-state index is 0.0229. The largest absolute Gasteiger partial charge is 0.481 e. The van der Waals surface area contributed by atoms with Gasteiger partial charge in [-0.2, -0.15) is 5.10 Å². The van der Waals surface area contributed by atoms with E-state index in [0.717, 1.165) is 17.1 Å². The molecule has 2 aromatic rings. The van der Waals surface area contributed by atoms with E-state index in [0.29, 0.717) is 6.54 Å². The number of ether oxygens (including phenoxy) is 1. The molecule has 0 radical (unpaired) electrons. The third-order valence-electron chi connectivity index (χ3n) is 3.93. The number of nitrogens with two attached hydrogens (primary N) is 1. The van der Waals surface area contributed by atoms with E-state index in [1.807, 2.05) is 26.1 Å². The molecule has 0 aliphatic carbocycles. The van der Waals surface area contributed by atoms with Crippen molar-refractivity contribution in [1.82, 2.24) is 9.78 Å². The van der Waals surface area contributed by atoms with Gasteiger partial charge in [-0.05, 0) is 25.5 Å². The van der Waals surface area contributed by atoms with Crippen LogP contribution >= 0.6 is 0 Å². The van der Waals surface area contributed by atoms with Crippen molar-refractivity contribution in [3.05, 3.63) is 41.1 Å². The van der Waals surface area contributed by atoms with Crippen LogP contribution < -0.4 is 15.4 Å². The number of anilines is 1. The molecular formula is C16H24N4O. The van der Waals surface area contributed by atoms with Crippen LogP contribution in [0.15, 0.2) is 24.3 Å². The molecule has 2 N–H and O–H groups in total. The van der Waals surface area contributed by atoms with E-state index in [4.69, 9.17) is 10.5 Å². The van der Waals surface area contributed by atoms with Crippen LogP contribution in [0.25, 0.3) is 0 Å². The number of benzene rings is 1. The molecule has 1 heterocycles. The number of likely N-dealkylation sites (N-methyl/N-ethyl adjacent to an activating group) is 1. The van der Waals surface area contributed by atoms with Gasteiger partial charge in [0.25, 0.3) is 0 Å². The smallest absolute Gasteiger partial charge is 0.216 e. The molecule has 5 heteroatoms. The fraction of sp³-hybridized carbons (Fsp3) is 0.438. The zero-order valence-corrected chi connectivity index (χ0v) is 13.4. The Morgan fingerprint density at radius 1 is 1.33 bits per heavy atom. The van der Waals surface area contributed by atoms with Crippen molar-refractivity contribution < 1.29 is 4.74 Å². The van der Waals surface area contributed by atoms with Gasteiger partial charge in [-0.3, -0.25) is 0 Å². The van der Waals surface area contributed by atoms with Crippen LogP contribution in [0.1, 0.15) is 22.9 Å². The first-order valence-corrected chi connectivity index (χ1v) is 7.07. The first-order chi connectivity index (χ1) is 10.0. The van der Waals surface area contributed by atoms with E-state index in [9.17, 15) is 0 Å². The third-order valence-corrected chi connectivity index (χ3v) is 3.93. The Kier molecular flexibility index (Phi) is 4.53. The molecule has 0 saturated heterocycles. The first-order valence-electron chi connectivity index (χ1n) is 7.07. The zero-order chi connectivity index (χ0) is 15.6. The lowest BCUT2D eigenvalue weighted by molar-refractivity contribution is 0.366. The van der Waals surface area contributed by atoms with Crippen LogP contribution in [-0.4, -0.2) is 30.5 Å². The summed E-state index contributed by atoms with van der Waals surface area (Å²) in [6.07, 6.45) is 0. The molecule has 0 spiro atoms. The summed E-state index contributed by atoms with van der Waals surface area (Å²) < 4.78 is 7.28. The summed E-state index contributed by atoms with van der Waals surface area (Å²) in [5, 5.41) is 4.46. The van der Waals surface area contributed by atoms with Gasteiger partial charge in [-0.25, -0.2) is 4.68 Å². The minimum atomic E-state index is 0.0229. The number of aryl methyl sites for hydroxylation is 3. The maximum absolute atomic E-state index is 6.06. The van der Waals surface area contributed by atoms with Crippen molar-refractivity contribution in [3.63, 3.8) is 0 Å². The van der Waals surface area contributed by atoms with Gasteiger partial charge in [0.05, 0.1) is 24.4 Å². The standard InChI is InChI=1S/C16H24N4O/c1-11-8-6-7-9-13(11)19(3)14(10-17)15-12(2)18-20(4)16(15)21-5/h6-9,14H,10,17H2,1-5H3. The lowest BCUT2D eigenvalue weighted by Gasteiger charge is -2.30. The normalized spacial score (nSPS) is 12.3. The molecule has 114 valence electrons. The van der Waals surface area contributed by atoms with Crippen LogP contribution in [0.3, 0.4) is 0 Å². The molecule has 0 saturated carbocycles. The lowest BCUT2D eigenvalue weighted by Crippen LogP contribution is -2.31. The number of hydrogen-bond donors (Lipinski definition) is 1. The SMILES string of the molecule is COc1c(C(CN)N(C)c2ccccc2C)c(C)nn1C. The van der Waals surface area contributed by atoms with Gasteiger partial charge in [0.1, 0.15) is 0 Å². The Labute approximate surface area is 126 Å². The fourth-order valence-corrected chi connectivity index (χ4v) is 2.88. The molecule has 5 nitrogen and oxygen atoms in total. The molecule has 0 aliphatic rings. The number of nitrogens with zero attached hydrogens (tertiary/aromatic N) is 3. The lowest BCUT2D eigenvalue weighted by atomic mass is 10.0. The van der Waals surface area contributed by atoms with E-state index >= 15 is 0 Å². The van der Waals surface area contributed by atoms with Gasteiger partial charge in [0, 0.05) is 26.3 Å². The third kappa shape index (κ3) is 2.74. The number of rotatable bonds is 5. The average molecular weight is 288 g/mol. The molecule has 21 heavy (non-hydrogen) atoms. The van der Waals surface area contributed by atoms with Crippen molar-refractivity contribution in [2.24, 2.45) is 12.8 Å². The number of aromatic nitrogens is 2. The van der Waals surface area contributed by atoms with Crippen molar-refractivity contribution >= 4 is 5.69 Å². The summed E-state index contributed by atoms with van der Waals surface area (Å²) >= 11 is 0. The maximum Gasteiger partial charge on any atom is 0.216 e. The highest BCUT2D eigenvalue weighted by Crippen LogP contribution is 2.34. The van der Waals surface area contributed by atoms with Crippen LogP contribution in [-0.2, 0) is 7.05 Å². The highest BCUT2D eigenvalue weighted by molar-refractivity contribution is 5.55. The van der Waals surface area contributed by atoms with Gasteiger partial charge in [-0.1, -0.05) is 18.2 Å². The summed E-state index contributed by atoms with van der Waals surface area (Å²) in [7, 11) is 5.61. The molecule has 0 bridgehead atoms. The summed E-state index contributed by atoms with van der Waals surface area (Å²) in [4.78, 5) is 2.20. The number of methoxy groups -OCH3 is 1. The Balaban J connectivity index is 2.47. The molecule has 1 atom stereocenters. The quantitative estimate of drug-likeness (QED) is 0.916. The maximum atomic E-state index is 6.06. The first kappa shape index (κ1) is 15.4. The molecule has 0 aliphatic heterocycles. The summed E-state index contributed by atoms with van der Waals surface area (Å²) in [5.74, 6) is 0.767. The fourth-order valence-electron chi connectivity index (χ4n) is 2.88. The van der Waals surface area contributed by atoms with Gasteiger partial charge >= 0.3 is 0 Å². The van der Waals surface area contributed by atoms with Crippen LogP contribution in [0.5, 0.6) is 5.88 Å². The van der Waals surface area contributed by atoms with E-state index in [2.05, 4.69) is 36.1 Å². The zero-order valence-electron chi connectivity index (χ0n) is 13.4. The van der Waals surface area contributed by atoms with E-state index in [1.54, 1.807) is 11.8 Å². The molecule has 1 aromatic heterocycles. The molecule has 1 aromatic carbocycles. The molecule has 0 amide bonds. The molecule has 2 rings (SSSR count). The predicted octanol–water partition coefficient (Wildman–Crippen LogP) is 2.18.